The highest BCUT2D eigenvalue weighted by atomic mass is 32.1. The molecule has 0 saturated carbocycles. The summed E-state index contributed by atoms with van der Waals surface area (Å²) in [6, 6.07) is 22.7. The van der Waals surface area contributed by atoms with Crippen molar-refractivity contribution >= 4 is 51.0 Å². The predicted octanol–water partition coefficient (Wildman–Crippen LogP) is 2.65. The number of fused-ring (bicyclic) bond motifs is 2. The molecule has 5 aromatic rings. The topological polar surface area (TPSA) is 123 Å². The number of hydrogen-bond donors (Lipinski definition) is 1. The molecule has 1 aliphatic rings. The second kappa shape index (κ2) is 9.62. The number of esters is 1. The number of aromatic nitrogens is 3. The molecule has 1 N–H and O–H groups in total. The molecule has 10 nitrogen and oxygen atoms in total. The number of para-hydroxylation sites is 3. The molecule has 0 unspecified atom stereocenters. The van der Waals surface area contributed by atoms with Crippen LogP contribution in [0, 0.1) is 0 Å². The van der Waals surface area contributed by atoms with Crippen LogP contribution in [0.4, 0.5) is 11.4 Å². The molecule has 3 aromatic carbocycles. The lowest BCUT2D eigenvalue weighted by Gasteiger charge is -2.16. The molecule has 3 heterocycles. The van der Waals surface area contributed by atoms with Gasteiger partial charge in [-0.25, -0.2) is 0 Å². The number of rotatable bonds is 5. The third kappa shape index (κ3) is 4.34. The molecule has 6 rings (SSSR count). The van der Waals surface area contributed by atoms with Crippen molar-refractivity contribution in [2.45, 2.75) is 6.92 Å². The summed E-state index contributed by atoms with van der Waals surface area (Å²) >= 11 is 1.03. The minimum absolute atomic E-state index is 0.174. The number of nitrogens with one attached hydrogen (secondary N) is 1. The van der Waals surface area contributed by atoms with E-state index in [1.165, 1.54) is 11.8 Å². The molecule has 39 heavy (non-hydrogen) atoms. The van der Waals surface area contributed by atoms with E-state index in [0.29, 0.717) is 22.5 Å². The SMILES string of the molecule is CC(=O)Oc1ccccc1-c1nc2sc(=C3C(=O)N(CC(=O)Nc4ccccc4)c4ccccc43)c(=O)n2n1. The van der Waals surface area contributed by atoms with Crippen molar-refractivity contribution in [3.63, 3.8) is 0 Å². The maximum absolute atomic E-state index is 13.6. The largest absolute Gasteiger partial charge is 0.426 e. The van der Waals surface area contributed by atoms with E-state index in [4.69, 9.17) is 4.74 Å². The van der Waals surface area contributed by atoms with Gasteiger partial charge in [-0.2, -0.15) is 9.50 Å². The zero-order chi connectivity index (χ0) is 27.1. The van der Waals surface area contributed by atoms with E-state index in [2.05, 4.69) is 15.4 Å². The Bertz CT molecular complexity index is 1900. The average molecular weight is 538 g/mol. The maximum atomic E-state index is 13.6. The van der Waals surface area contributed by atoms with E-state index in [1.54, 1.807) is 72.8 Å². The first kappa shape index (κ1) is 24.2. The first-order valence-electron chi connectivity index (χ1n) is 11.9. The molecule has 0 radical (unpaired) electrons. The first-order valence-corrected chi connectivity index (χ1v) is 12.7. The number of benzene rings is 3. The molecule has 0 aliphatic carbocycles. The fourth-order valence-electron chi connectivity index (χ4n) is 4.42. The summed E-state index contributed by atoms with van der Waals surface area (Å²) in [4.78, 5) is 57.5. The van der Waals surface area contributed by atoms with Crippen LogP contribution in [-0.4, -0.2) is 38.9 Å². The molecular formula is C28H19N5O5S. The lowest BCUT2D eigenvalue weighted by molar-refractivity contribution is -0.131. The molecule has 0 saturated heterocycles. The van der Waals surface area contributed by atoms with Gasteiger partial charge in [0.25, 0.3) is 11.5 Å². The van der Waals surface area contributed by atoms with Crippen molar-refractivity contribution < 1.29 is 19.1 Å². The lowest BCUT2D eigenvalue weighted by Crippen LogP contribution is -2.37. The van der Waals surface area contributed by atoms with Crippen LogP contribution < -0.4 is 25.0 Å². The Hall–Kier alpha value is -5.16. The Morgan fingerprint density at radius 1 is 0.923 bits per heavy atom. The average Bonchev–Trinajstić information content (AvgIpc) is 3.55. The number of hydrogen-bond acceptors (Lipinski definition) is 8. The fourth-order valence-corrected chi connectivity index (χ4v) is 5.41. The summed E-state index contributed by atoms with van der Waals surface area (Å²) in [5.74, 6) is -0.834. The zero-order valence-electron chi connectivity index (χ0n) is 20.5. The zero-order valence-corrected chi connectivity index (χ0v) is 21.3. The lowest BCUT2D eigenvalue weighted by atomic mass is 10.1. The molecule has 0 spiro atoms. The monoisotopic (exact) mass is 537 g/mol. The highest BCUT2D eigenvalue weighted by Crippen LogP contribution is 2.35. The van der Waals surface area contributed by atoms with Crippen molar-refractivity contribution in [2.24, 2.45) is 0 Å². The Morgan fingerprint density at radius 3 is 2.36 bits per heavy atom. The van der Waals surface area contributed by atoms with Gasteiger partial charge in [0.05, 0.1) is 16.8 Å². The van der Waals surface area contributed by atoms with E-state index in [9.17, 15) is 19.2 Å². The van der Waals surface area contributed by atoms with E-state index in [0.717, 1.165) is 15.9 Å². The molecule has 2 amide bonds. The highest BCUT2D eigenvalue weighted by Gasteiger charge is 2.35. The van der Waals surface area contributed by atoms with Crippen LogP contribution in [0.25, 0.3) is 21.9 Å². The molecule has 1 aliphatic heterocycles. The van der Waals surface area contributed by atoms with E-state index >= 15 is 0 Å². The van der Waals surface area contributed by atoms with Crippen LogP contribution in [0.3, 0.4) is 0 Å². The standard InChI is InChI=1S/C28H19N5O5S/c1-16(34)38-21-14-8-6-12-19(21)25-30-28-33(31-25)27(37)24(39-28)23-18-11-5-7-13-20(18)32(26(23)36)15-22(35)29-17-9-3-2-4-10-17/h2-14H,15H2,1H3,(H,29,35). The predicted molar refractivity (Wildman–Crippen MR) is 145 cm³/mol. The van der Waals surface area contributed by atoms with Crippen LogP contribution in [-0.2, 0) is 14.4 Å². The highest BCUT2D eigenvalue weighted by molar-refractivity contribution is 7.15. The molecule has 0 fully saturated rings. The molecular weight excluding hydrogens is 518 g/mol. The number of thiazole rings is 1. The van der Waals surface area contributed by atoms with Gasteiger partial charge in [-0.3, -0.25) is 24.1 Å². The van der Waals surface area contributed by atoms with E-state index in [-0.39, 0.29) is 39.1 Å². The van der Waals surface area contributed by atoms with Gasteiger partial charge < -0.3 is 10.1 Å². The normalized spacial score (nSPS) is 14.0. The summed E-state index contributed by atoms with van der Waals surface area (Å²) in [5, 5.41) is 7.13. The number of nitrogens with zero attached hydrogens (tertiary/aromatic N) is 4. The van der Waals surface area contributed by atoms with Crippen molar-refractivity contribution in [3.05, 3.63) is 99.3 Å². The van der Waals surface area contributed by atoms with Crippen LogP contribution in [0.5, 0.6) is 5.75 Å². The third-order valence-corrected chi connectivity index (χ3v) is 7.08. The van der Waals surface area contributed by atoms with Crippen molar-refractivity contribution in [2.75, 3.05) is 16.8 Å². The second-order valence-corrected chi connectivity index (χ2v) is 9.63. The molecule has 0 bridgehead atoms. The fraction of sp³-hybridized carbons (Fsp3) is 0.0714. The summed E-state index contributed by atoms with van der Waals surface area (Å²) in [7, 11) is 0. The Labute approximate surface area is 224 Å². The molecule has 2 aromatic heterocycles. The Morgan fingerprint density at radius 2 is 1.62 bits per heavy atom. The van der Waals surface area contributed by atoms with Gasteiger partial charge in [-0.05, 0) is 30.3 Å². The minimum atomic E-state index is -0.507. The Kier molecular flexibility index (Phi) is 5.97. The number of ether oxygens (including phenoxy) is 1. The van der Waals surface area contributed by atoms with E-state index in [1.807, 2.05) is 6.07 Å². The number of amides is 2. The van der Waals surface area contributed by atoms with Crippen molar-refractivity contribution in [3.8, 4) is 17.1 Å². The van der Waals surface area contributed by atoms with Gasteiger partial charge in [0.1, 0.15) is 16.8 Å². The van der Waals surface area contributed by atoms with Gasteiger partial charge >= 0.3 is 5.97 Å². The van der Waals surface area contributed by atoms with Crippen LogP contribution >= 0.6 is 11.3 Å². The summed E-state index contributed by atoms with van der Waals surface area (Å²) in [5.41, 5.74) is 1.85. The Balaban J connectivity index is 1.40. The van der Waals surface area contributed by atoms with Crippen LogP contribution in [0.2, 0.25) is 0 Å². The van der Waals surface area contributed by atoms with Gasteiger partial charge in [0.15, 0.2) is 5.82 Å². The van der Waals surface area contributed by atoms with Crippen LogP contribution in [0.15, 0.2) is 83.7 Å². The maximum Gasteiger partial charge on any atom is 0.308 e. The number of carbonyl (C=O) groups excluding carboxylic acids is 3. The van der Waals surface area contributed by atoms with Crippen molar-refractivity contribution in [1.82, 2.24) is 14.6 Å². The molecule has 192 valence electrons. The summed E-state index contributed by atoms with van der Waals surface area (Å²) in [6.45, 7) is 1.07. The smallest absolute Gasteiger partial charge is 0.308 e. The van der Waals surface area contributed by atoms with Crippen LogP contribution in [0.1, 0.15) is 12.5 Å². The molecule has 0 atom stereocenters. The third-order valence-electron chi connectivity index (χ3n) is 6.05. The van der Waals surface area contributed by atoms with Gasteiger partial charge in [0.2, 0.25) is 10.9 Å². The number of anilines is 2. The second-order valence-electron chi connectivity index (χ2n) is 8.65. The first-order chi connectivity index (χ1) is 18.9. The van der Waals surface area contributed by atoms with Gasteiger partial charge in [-0.15, -0.1) is 5.10 Å². The minimum Gasteiger partial charge on any atom is -0.426 e. The van der Waals surface area contributed by atoms with Crippen molar-refractivity contribution in [1.29, 1.82) is 0 Å². The van der Waals surface area contributed by atoms with Gasteiger partial charge in [-0.1, -0.05) is 59.9 Å². The number of carbonyl (C=O) groups is 3. The van der Waals surface area contributed by atoms with E-state index < -0.39 is 17.4 Å². The summed E-state index contributed by atoms with van der Waals surface area (Å²) < 4.78 is 6.56. The summed E-state index contributed by atoms with van der Waals surface area (Å²) in [6.07, 6.45) is 0. The van der Waals surface area contributed by atoms with Gasteiger partial charge in [0, 0.05) is 18.2 Å². The molecule has 11 heteroatoms. The quantitative estimate of drug-likeness (QED) is 0.270.